The van der Waals surface area contributed by atoms with E-state index in [4.69, 9.17) is 14.9 Å². The zero-order valence-corrected chi connectivity index (χ0v) is 18.7. The number of esters is 1. The largest absolute Gasteiger partial charge is 0.482 e. The van der Waals surface area contributed by atoms with Crippen molar-refractivity contribution in [2.24, 2.45) is 0 Å². The van der Waals surface area contributed by atoms with Crippen molar-refractivity contribution in [1.29, 1.82) is 5.41 Å². The van der Waals surface area contributed by atoms with Crippen LogP contribution < -0.4 is 10.4 Å². The maximum absolute atomic E-state index is 13.0. The summed E-state index contributed by atoms with van der Waals surface area (Å²) >= 11 is 0. The number of para-hydroxylation sites is 2. The molecule has 0 aliphatic carbocycles. The number of Topliss-reactive ketones (excluding diaryl/α,β-unsaturated/α-hetero) is 1. The fourth-order valence-electron chi connectivity index (χ4n) is 3.92. The summed E-state index contributed by atoms with van der Waals surface area (Å²) in [5.74, 6) is -0.103. The number of imidazole rings is 1. The third kappa shape index (κ3) is 5.32. The van der Waals surface area contributed by atoms with Crippen LogP contribution in [0.4, 0.5) is 0 Å². The van der Waals surface area contributed by atoms with Crippen molar-refractivity contribution < 1.29 is 23.8 Å². The maximum atomic E-state index is 13.0. The third-order valence-corrected chi connectivity index (χ3v) is 5.78. The number of carbonyl (C=O) groups is 2. The minimum Gasteiger partial charge on any atom is -0.482 e. The molecule has 0 radical (unpaired) electrons. The molecule has 0 unspecified atom stereocenters. The molecular weight excluding hydrogens is 424 g/mol. The van der Waals surface area contributed by atoms with E-state index in [2.05, 4.69) is 9.64 Å². The molecule has 1 N–H and O–H groups in total. The van der Waals surface area contributed by atoms with E-state index in [1.54, 1.807) is 28.8 Å². The number of methoxy groups -OCH3 is 1. The van der Waals surface area contributed by atoms with Gasteiger partial charge in [-0.05, 0) is 36.4 Å². The topological polar surface area (TPSA) is 98.8 Å². The lowest BCUT2D eigenvalue weighted by Gasteiger charge is -2.26. The molecule has 1 saturated heterocycles. The number of hydrogen-bond donors (Lipinski definition) is 1. The van der Waals surface area contributed by atoms with E-state index in [0.29, 0.717) is 23.5 Å². The number of benzene rings is 2. The summed E-state index contributed by atoms with van der Waals surface area (Å²) in [6, 6.07) is 14.4. The first kappa shape index (κ1) is 22.8. The molecule has 3 aromatic rings. The molecule has 1 aromatic heterocycles. The van der Waals surface area contributed by atoms with Crippen LogP contribution in [0, 0.1) is 5.41 Å². The zero-order valence-electron chi connectivity index (χ0n) is 18.7. The molecule has 9 nitrogen and oxygen atoms in total. The summed E-state index contributed by atoms with van der Waals surface area (Å²) in [6.45, 7) is 4.64. The molecule has 1 fully saturated rings. The Balaban J connectivity index is 1.50. The Hall–Kier alpha value is -3.43. The number of carbonyl (C=O) groups excluding carboxylic acids is 2. The van der Waals surface area contributed by atoms with Gasteiger partial charge in [0.05, 0.1) is 37.9 Å². The van der Waals surface area contributed by atoms with Crippen LogP contribution in [0.3, 0.4) is 0 Å². The molecule has 1 aliphatic heterocycles. The standard InChI is InChI=1S/C24H28N4O5/c1-31-23(30)17-33-19-8-6-18(7-9-19)22(29)16-28-21-5-3-2-4-20(21)27(24(28)25)11-10-26-12-14-32-15-13-26/h2-9,25H,10-17H2,1H3. The molecule has 2 aromatic carbocycles. The van der Waals surface area contributed by atoms with Crippen LogP contribution in [0.2, 0.25) is 0 Å². The predicted octanol–water partition coefficient (Wildman–Crippen LogP) is 1.69. The first-order chi connectivity index (χ1) is 16.1. The second-order valence-electron chi connectivity index (χ2n) is 7.82. The highest BCUT2D eigenvalue weighted by Crippen LogP contribution is 2.16. The summed E-state index contributed by atoms with van der Waals surface area (Å²) in [5.41, 5.74) is 2.61. The fraction of sp³-hybridized carbons (Fsp3) is 0.375. The highest BCUT2D eigenvalue weighted by atomic mass is 16.6. The second-order valence-corrected chi connectivity index (χ2v) is 7.82. The van der Waals surface area contributed by atoms with Gasteiger partial charge in [0.2, 0.25) is 5.62 Å². The minimum atomic E-state index is -0.473. The number of nitrogens with one attached hydrogen (secondary N) is 1. The lowest BCUT2D eigenvalue weighted by atomic mass is 10.1. The SMILES string of the molecule is COC(=O)COc1ccc(C(=O)Cn2c(=N)n(CCN3CCOCC3)c3ccccc32)cc1. The molecule has 2 heterocycles. The van der Waals surface area contributed by atoms with Crippen LogP contribution in [0.15, 0.2) is 48.5 Å². The third-order valence-electron chi connectivity index (χ3n) is 5.78. The van der Waals surface area contributed by atoms with E-state index in [1.165, 1.54) is 7.11 Å². The molecule has 0 spiro atoms. The number of fused-ring (bicyclic) bond motifs is 1. The van der Waals surface area contributed by atoms with Gasteiger partial charge in [-0.25, -0.2) is 4.79 Å². The summed E-state index contributed by atoms with van der Waals surface area (Å²) < 4.78 is 19.0. The van der Waals surface area contributed by atoms with Gasteiger partial charge in [-0.15, -0.1) is 0 Å². The lowest BCUT2D eigenvalue weighted by molar-refractivity contribution is -0.142. The van der Waals surface area contributed by atoms with Crippen molar-refractivity contribution in [2.45, 2.75) is 13.1 Å². The summed E-state index contributed by atoms with van der Waals surface area (Å²) in [5, 5.41) is 8.76. The Bertz CT molecular complexity index is 1180. The molecule has 0 saturated carbocycles. The van der Waals surface area contributed by atoms with Gasteiger partial charge < -0.3 is 23.3 Å². The van der Waals surface area contributed by atoms with Gasteiger partial charge in [0, 0.05) is 31.7 Å². The van der Waals surface area contributed by atoms with Crippen molar-refractivity contribution >= 4 is 22.8 Å². The second kappa shape index (κ2) is 10.5. The molecular formula is C24H28N4O5. The number of hydrogen-bond acceptors (Lipinski definition) is 7. The normalized spacial score (nSPS) is 14.3. The Kier molecular flexibility index (Phi) is 7.21. The van der Waals surface area contributed by atoms with Gasteiger partial charge in [0.15, 0.2) is 12.4 Å². The van der Waals surface area contributed by atoms with Gasteiger partial charge in [-0.1, -0.05) is 12.1 Å². The van der Waals surface area contributed by atoms with Crippen LogP contribution in [0.25, 0.3) is 11.0 Å². The monoisotopic (exact) mass is 452 g/mol. The predicted molar refractivity (Wildman–Crippen MR) is 121 cm³/mol. The van der Waals surface area contributed by atoms with Crippen molar-refractivity contribution in [1.82, 2.24) is 14.0 Å². The lowest BCUT2D eigenvalue weighted by Crippen LogP contribution is -2.39. The van der Waals surface area contributed by atoms with Crippen molar-refractivity contribution in [3.05, 3.63) is 59.7 Å². The van der Waals surface area contributed by atoms with E-state index >= 15 is 0 Å². The highest BCUT2D eigenvalue weighted by molar-refractivity contribution is 5.96. The Morgan fingerprint density at radius 2 is 1.64 bits per heavy atom. The first-order valence-corrected chi connectivity index (χ1v) is 10.9. The molecule has 0 amide bonds. The number of ketones is 1. The van der Waals surface area contributed by atoms with Gasteiger partial charge in [0.25, 0.3) is 0 Å². The average Bonchev–Trinajstić information content (AvgIpc) is 3.12. The number of rotatable bonds is 9. The van der Waals surface area contributed by atoms with Crippen molar-refractivity contribution in [3.63, 3.8) is 0 Å². The van der Waals surface area contributed by atoms with E-state index in [-0.39, 0.29) is 18.9 Å². The number of nitrogens with zero attached hydrogens (tertiary/aromatic N) is 3. The van der Waals surface area contributed by atoms with Crippen LogP contribution in [-0.4, -0.2) is 72.4 Å². The van der Waals surface area contributed by atoms with Crippen molar-refractivity contribution in [2.75, 3.05) is 46.6 Å². The Labute approximate surface area is 191 Å². The number of morpholine rings is 1. The Morgan fingerprint density at radius 1 is 0.970 bits per heavy atom. The van der Waals surface area contributed by atoms with Gasteiger partial charge in [0.1, 0.15) is 5.75 Å². The van der Waals surface area contributed by atoms with Gasteiger partial charge >= 0.3 is 5.97 Å². The van der Waals surface area contributed by atoms with Crippen LogP contribution in [0.1, 0.15) is 10.4 Å². The molecule has 0 atom stereocenters. The maximum Gasteiger partial charge on any atom is 0.343 e. The molecule has 1 aliphatic rings. The molecule has 174 valence electrons. The molecule has 33 heavy (non-hydrogen) atoms. The van der Waals surface area contributed by atoms with Gasteiger partial charge in [-0.2, -0.15) is 0 Å². The van der Waals surface area contributed by atoms with E-state index in [1.807, 2.05) is 28.8 Å². The number of aromatic nitrogens is 2. The molecule has 0 bridgehead atoms. The van der Waals surface area contributed by atoms with E-state index in [0.717, 1.165) is 43.9 Å². The smallest absolute Gasteiger partial charge is 0.343 e. The van der Waals surface area contributed by atoms with E-state index in [9.17, 15) is 9.59 Å². The quantitative estimate of drug-likeness (QED) is 0.392. The zero-order chi connectivity index (χ0) is 23.2. The summed E-state index contributed by atoms with van der Waals surface area (Å²) in [4.78, 5) is 26.5. The van der Waals surface area contributed by atoms with Crippen LogP contribution in [0.5, 0.6) is 5.75 Å². The fourth-order valence-corrected chi connectivity index (χ4v) is 3.92. The van der Waals surface area contributed by atoms with Gasteiger partial charge in [-0.3, -0.25) is 15.1 Å². The average molecular weight is 453 g/mol. The van der Waals surface area contributed by atoms with Crippen LogP contribution in [-0.2, 0) is 27.4 Å². The minimum absolute atomic E-state index is 0.0618. The summed E-state index contributed by atoms with van der Waals surface area (Å²) in [6.07, 6.45) is 0. The Morgan fingerprint density at radius 3 is 2.30 bits per heavy atom. The van der Waals surface area contributed by atoms with Crippen molar-refractivity contribution in [3.8, 4) is 5.75 Å². The first-order valence-electron chi connectivity index (χ1n) is 10.9. The highest BCUT2D eigenvalue weighted by Gasteiger charge is 2.16. The molecule has 4 rings (SSSR count). The summed E-state index contributed by atoms with van der Waals surface area (Å²) in [7, 11) is 1.30. The van der Waals surface area contributed by atoms with E-state index < -0.39 is 5.97 Å². The molecule has 9 heteroatoms. The van der Waals surface area contributed by atoms with Crippen LogP contribution >= 0.6 is 0 Å². The number of ether oxygens (including phenoxy) is 3.